The van der Waals surface area contributed by atoms with Crippen LogP contribution >= 0.6 is 11.3 Å². The van der Waals surface area contributed by atoms with Gasteiger partial charge in [-0.2, -0.15) is 0 Å². The summed E-state index contributed by atoms with van der Waals surface area (Å²) in [4.78, 5) is 3.48. The van der Waals surface area contributed by atoms with Crippen LogP contribution in [0.5, 0.6) is 0 Å². The summed E-state index contributed by atoms with van der Waals surface area (Å²) in [5, 5.41) is 11.0. The van der Waals surface area contributed by atoms with E-state index in [1.165, 1.54) is 4.88 Å². The van der Waals surface area contributed by atoms with E-state index >= 15 is 0 Å². The quantitative estimate of drug-likeness (QED) is 0.744. The van der Waals surface area contributed by atoms with E-state index in [0.29, 0.717) is 13.1 Å². The van der Waals surface area contributed by atoms with E-state index in [4.69, 9.17) is 10.8 Å². The number of hydrogen-bond donors (Lipinski definition) is 2. The maximum absolute atomic E-state index is 8.93. The first-order valence-electron chi connectivity index (χ1n) is 4.91. The van der Waals surface area contributed by atoms with Gasteiger partial charge in [-0.1, -0.05) is 13.0 Å². The summed E-state index contributed by atoms with van der Waals surface area (Å²) in [6.45, 7) is 4.49. The number of likely N-dealkylation sites (N-methyl/N-ethyl adjacent to an activating group) is 1. The predicted molar refractivity (Wildman–Crippen MR) is 60.4 cm³/mol. The molecule has 1 aromatic heterocycles. The fourth-order valence-electron chi connectivity index (χ4n) is 1.59. The van der Waals surface area contributed by atoms with Gasteiger partial charge in [-0.3, -0.25) is 4.90 Å². The molecule has 1 atom stereocenters. The average molecular weight is 214 g/mol. The Kier molecular flexibility index (Phi) is 5.11. The van der Waals surface area contributed by atoms with Crippen LogP contribution in [0.25, 0.3) is 0 Å². The van der Waals surface area contributed by atoms with Crippen molar-refractivity contribution in [3.05, 3.63) is 22.4 Å². The Hall–Kier alpha value is -0.420. The molecular weight excluding hydrogens is 196 g/mol. The fraction of sp³-hybridized carbons (Fsp3) is 0.600. The van der Waals surface area contributed by atoms with Crippen LogP contribution in [-0.2, 0) is 0 Å². The highest BCUT2D eigenvalue weighted by molar-refractivity contribution is 7.10. The van der Waals surface area contributed by atoms with Gasteiger partial charge in [-0.25, -0.2) is 0 Å². The maximum Gasteiger partial charge on any atom is 0.0564 e. The first-order valence-corrected chi connectivity index (χ1v) is 5.79. The summed E-state index contributed by atoms with van der Waals surface area (Å²) in [5.41, 5.74) is 5.75. The van der Waals surface area contributed by atoms with Gasteiger partial charge in [0.05, 0.1) is 12.6 Å². The molecule has 0 aliphatic heterocycles. The molecule has 1 unspecified atom stereocenters. The Morgan fingerprint density at radius 3 is 2.86 bits per heavy atom. The van der Waals surface area contributed by atoms with E-state index < -0.39 is 0 Å². The topological polar surface area (TPSA) is 49.5 Å². The standard InChI is InChI=1S/C10H18N2OS/c1-2-12(5-6-13)9(8-11)10-4-3-7-14-10/h3-4,7,9,13H,2,5-6,8,11H2,1H3. The molecule has 1 aromatic rings. The van der Waals surface area contributed by atoms with Crippen LogP contribution in [0.1, 0.15) is 17.8 Å². The number of nitrogens with two attached hydrogens (primary N) is 1. The third kappa shape index (κ3) is 2.78. The van der Waals surface area contributed by atoms with Gasteiger partial charge in [0.25, 0.3) is 0 Å². The molecule has 1 heterocycles. The zero-order valence-electron chi connectivity index (χ0n) is 8.52. The smallest absolute Gasteiger partial charge is 0.0564 e. The maximum atomic E-state index is 8.93. The van der Waals surface area contributed by atoms with Gasteiger partial charge in [0, 0.05) is 18.0 Å². The van der Waals surface area contributed by atoms with Crippen molar-refractivity contribution >= 4 is 11.3 Å². The Morgan fingerprint density at radius 1 is 1.64 bits per heavy atom. The van der Waals surface area contributed by atoms with Crippen molar-refractivity contribution in [2.24, 2.45) is 5.73 Å². The molecule has 4 heteroatoms. The second kappa shape index (κ2) is 6.14. The highest BCUT2D eigenvalue weighted by atomic mass is 32.1. The van der Waals surface area contributed by atoms with Crippen molar-refractivity contribution in [3.8, 4) is 0 Å². The van der Waals surface area contributed by atoms with Gasteiger partial charge in [0.1, 0.15) is 0 Å². The van der Waals surface area contributed by atoms with Gasteiger partial charge in [-0.05, 0) is 18.0 Å². The van der Waals surface area contributed by atoms with E-state index in [2.05, 4.69) is 23.3 Å². The third-order valence-corrected chi connectivity index (χ3v) is 3.30. The first kappa shape index (κ1) is 11.7. The van der Waals surface area contributed by atoms with Crippen LogP contribution in [0, 0.1) is 0 Å². The summed E-state index contributed by atoms with van der Waals surface area (Å²) < 4.78 is 0. The lowest BCUT2D eigenvalue weighted by atomic mass is 10.2. The van der Waals surface area contributed by atoms with Crippen molar-refractivity contribution < 1.29 is 5.11 Å². The molecule has 0 aliphatic carbocycles. The molecule has 0 aromatic carbocycles. The zero-order chi connectivity index (χ0) is 10.4. The Balaban J connectivity index is 2.68. The van der Waals surface area contributed by atoms with Crippen LogP contribution in [0.4, 0.5) is 0 Å². The molecule has 0 bridgehead atoms. The van der Waals surface area contributed by atoms with Gasteiger partial charge in [-0.15, -0.1) is 11.3 Å². The number of aliphatic hydroxyl groups excluding tert-OH is 1. The lowest BCUT2D eigenvalue weighted by molar-refractivity contribution is 0.161. The molecule has 14 heavy (non-hydrogen) atoms. The Morgan fingerprint density at radius 2 is 2.43 bits per heavy atom. The highest BCUT2D eigenvalue weighted by Crippen LogP contribution is 2.23. The molecule has 1 rings (SSSR count). The Bertz CT molecular complexity index is 238. The van der Waals surface area contributed by atoms with E-state index in [-0.39, 0.29) is 12.6 Å². The van der Waals surface area contributed by atoms with Gasteiger partial charge >= 0.3 is 0 Å². The SMILES string of the molecule is CCN(CCO)C(CN)c1cccs1. The van der Waals surface area contributed by atoms with Crippen molar-refractivity contribution in [2.45, 2.75) is 13.0 Å². The summed E-state index contributed by atoms with van der Waals surface area (Å²) in [5.74, 6) is 0. The molecular formula is C10H18N2OS. The zero-order valence-corrected chi connectivity index (χ0v) is 9.33. The lowest BCUT2D eigenvalue weighted by Crippen LogP contribution is -2.35. The summed E-state index contributed by atoms with van der Waals surface area (Å²) in [7, 11) is 0. The lowest BCUT2D eigenvalue weighted by Gasteiger charge is -2.28. The molecule has 0 saturated carbocycles. The van der Waals surface area contributed by atoms with Crippen molar-refractivity contribution in [1.82, 2.24) is 4.90 Å². The number of rotatable bonds is 6. The van der Waals surface area contributed by atoms with E-state index in [1.54, 1.807) is 11.3 Å². The summed E-state index contributed by atoms with van der Waals surface area (Å²) in [6, 6.07) is 4.39. The molecule has 0 amide bonds. The summed E-state index contributed by atoms with van der Waals surface area (Å²) >= 11 is 1.72. The minimum Gasteiger partial charge on any atom is -0.395 e. The van der Waals surface area contributed by atoms with E-state index in [0.717, 1.165) is 6.54 Å². The minimum absolute atomic E-state index is 0.190. The van der Waals surface area contributed by atoms with E-state index in [9.17, 15) is 0 Å². The molecule has 80 valence electrons. The van der Waals surface area contributed by atoms with Crippen molar-refractivity contribution in [3.63, 3.8) is 0 Å². The minimum atomic E-state index is 0.190. The molecule has 0 spiro atoms. The van der Waals surface area contributed by atoms with Crippen LogP contribution in [0.2, 0.25) is 0 Å². The monoisotopic (exact) mass is 214 g/mol. The van der Waals surface area contributed by atoms with Crippen molar-refractivity contribution in [1.29, 1.82) is 0 Å². The van der Waals surface area contributed by atoms with Crippen LogP contribution < -0.4 is 5.73 Å². The second-order valence-corrected chi connectivity index (χ2v) is 4.10. The third-order valence-electron chi connectivity index (χ3n) is 2.33. The molecule has 3 nitrogen and oxygen atoms in total. The van der Waals surface area contributed by atoms with E-state index in [1.807, 2.05) is 6.07 Å². The van der Waals surface area contributed by atoms with Crippen molar-refractivity contribution in [2.75, 3.05) is 26.2 Å². The fourth-order valence-corrected chi connectivity index (χ4v) is 2.46. The first-order chi connectivity index (χ1) is 6.83. The number of nitrogens with zero attached hydrogens (tertiary/aromatic N) is 1. The highest BCUT2D eigenvalue weighted by Gasteiger charge is 2.17. The van der Waals surface area contributed by atoms with Crippen LogP contribution in [0.15, 0.2) is 17.5 Å². The van der Waals surface area contributed by atoms with Crippen LogP contribution in [0.3, 0.4) is 0 Å². The average Bonchev–Trinajstić information content (AvgIpc) is 2.71. The van der Waals surface area contributed by atoms with Gasteiger partial charge in [0.2, 0.25) is 0 Å². The summed E-state index contributed by atoms with van der Waals surface area (Å²) in [6.07, 6.45) is 0. The van der Waals surface area contributed by atoms with Gasteiger partial charge < -0.3 is 10.8 Å². The number of aliphatic hydroxyl groups is 1. The molecule has 0 saturated heterocycles. The molecule has 0 radical (unpaired) electrons. The number of hydrogen-bond acceptors (Lipinski definition) is 4. The van der Waals surface area contributed by atoms with Crippen LogP contribution in [-0.4, -0.2) is 36.2 Å². The predicted octanol–water partition coefficient (Wildman–Crippen LogP) is 1.06. The number of thiophene rings is 1. The molecule has 3 N–H and O–H groups in total. The normalized spacial score (nSPS) is 13.4. The molecule has 0 aliphatic rings. The van der Waals surface area contributed by atoms with Gasteiger partial charge in [0.15, 0.2) is 0 Å². The molecule has 0 fully saturated rings. The Labute approximate surface area is 89.2 Å². The largest absolute Gasteiger partial charge is 0.395 e. The second-order valence-electron chi connectivity index (χ2n) is 3.12.